The molecule has 0 bridgehead atoms. The van der Waals surface area contributed by atoms with Gasteiger partial charge < -0.3 is 4.57 Å². The minimum Gasteiger partial charge on any atom is -0.304 e. The lowest BCUT2D eigenvalue weighted by Gasteiger charge is -2.11. The van der Waals surface area contributed by atoms with E-state index in [0.717, 1.165) is 5.56 Å². The lowest BCUT2D eigenvalue weighted by molar-refractivity contribution is -0.118. The molecule has 0 aliphatic carbocycles. The van der Waals surface area contributed by atoms with Crippen LogP contribution < -0.4 is 5.56 Å². The second-order valence-electron chi connectivity index (χ2n) is 6.51. The highest BCUT2D eigenvalue weighted by molar-refractivity contribution is 5.81. The summed E-state index contributed by atoms with van der Waals surface area (Å²) in [5, 5.41) is 4.14. The number of hydrogen-bond acceptors (Lipinski definition) is 4. The number of rotatable bonds is 5. The molecular weight excluding hydrogens is 347 g/mol. The lowest BCUT2D eigenvalue weighted by atomic mass is 10.1. The molecule has 0 aliphatic rings. The van der Waals surface area contributed by atoms with E-state index in [4.69, 9.17) is 0 Å². The fourth-order valence-corrected chi connectivity index (χ4v) is 3.15. The molecule has 4 aromatic rings. The van der Waals surface area contributed by atoms with Gasteiger partial charge in [0, 0.05) is 31.3 Å². The summed E-state index contributed by atoms with van der Waals surface area (Å²) in [4.78, 5) is 29.4. The van der Waals surface area contributed by atoms with Gasteiger partial charge in [0.05, 0.1) is 17.2 Å². The molecule has 0 aliphatic heterocycles. The maximum atomic E-state index is 13.8. The summed E-state index contributed by atoms with van der Waals surface area (Å²) < 4.78 is 16.7. The normalized spacial score (nSPS) is 11.3. The number of hydrogen-bond donors (Lipinski definition) is 0. The summed E-state index contributed by atoms with van der Waals surface area (Å²) in [5.74, 6) is -0.478. The van der Waals surface area contributed by atoms with Gasteiger partial charge in [-0.2, -0.15) is 5.10 Å². The largest absolute Gasteiger partial charge is 0.304 e. The number of nitrogens with zero attached hydrogens (tertiary/aromatic N) is 4. The van der Waals surface area contributed by atoms with Crippen molar-refractivity contribution in [2.75, 3.05) is 0 Å². The number of carbonyl (C=O) groups is 1. The zero-order chi connectivity index (χ0) is 19.0. The van der Waals surface area contributed by atoms with Crippen molar-refractivity contribution in [1.82, 2.24) is 19.2 Å². The van der Waals surface area contributed by atoms with E-state index in [1.807, 2.05) is 19.1 Å². The SMILES string of the molecule is Cc1ccc(CC(=O)CCn2c(=O)c3ccnn3c3ccc(F)cc32)nc1. The van der Waals surface area contributed by atoms with Crippen LogP contribution in [0.5, 0.6) is 0 Å². The number of benzene rings is 1. The van der Waals surface area contributed by atoms with Gasteiger partial charge in [-0.1, -0.05) is 6.07 Å². The minimum atomic E-state index is -0.447. The van der Waals surface area contributed by atoms with E-state index in [9.17, 15) is 14.0 Å². The minimum absolute atomic E-state index is 0.0313. The van der Waals surface area contributed by atoms with Gasteiger partial charge in [-0.05, 0) is 42.8 Å². The Morgan fingerprint density at radius 1 is 1.11 bits per heavy atom. The molecule has 0 atom stereocenters. The van der Waals surface area contributed by atoms with E-state index in [1.54, 1.807) is 18.3 Å². The Morgan fingerprint density at radius 2 is 1.96 bits per heavy atom. The first-order valence-corrected chi connectivity index (χ1v) is 8.62. The molecule has 0 spiro atoms. The van der Waals surface area contributed by atoms with Crippen molar-refractivity contribution in [3.05, 3.63) is 76.2 Å². The number of ketones is 1. The lowest BCUT2D eigenvalue weighted by Crippen LogP contribution is -2.24. The zero-order valence-corrected chi connectivity index (χ0v) is 14.7. The van der Waals surface area contributed by atoms with Crippen LogP contribution in [0.4, 0.5) is 4.39 Å². The Balaban J connectivity index is 1.65. The van der Waals surface area contributed by atoms with E-state index < -0.39 is 5.82 Å². The van der Waals surface area contributed by atoms with E-state index in [-0.39, 0.29) is 30.7 Å². The first-order valence-electron chi connectivity index (χ1n) is 8.62. The van der Waals surface area contributed by atoms with E-state index in [2.05, 4.69) is 10.1 Å². The third-order valence-corrected chi connectivity index (χ3v) is 4.53. The molecular formula is C20H17FN4O2. The van der Waals surface area contributed by atoms with E-state index in [0.29, 0.717) is 22.2 Å². The number of pyridine rings is 1. The number of fused-ring (bicyclic) bond motifs is 3. The highest BCUT2D eigenvalue weighted by atomic mass is 19.1. The van der Waals surface area contributed by atoms with Crippen LogP contribution in [0.3, 0.4) is 0 Å². The monoisotopic (exact) mass is 364 g/mol. The van der Waals surface area contributed by atoms with Gasteiger partial charge in [0.15, 0.2) is 0 Å². The standard InChI is InChI=1S/C20H17FN4O2/c1-13-2-4-15(22-12-13)11-16(26)7-9-24-19-10-14(21)3-5-17(19)25-18(20(24)27)6-8-23-25/h2-6,8,10,12H,7,9,11H2,1H3. The molecule has 0 N–H and O–H groups in total. The predicted molar refractivity (Wildman–Crippen MR) is 99.2 cm³/mol. The van der Waals surface area contributed by atoms with Crippen molar-refractivity contribution in [2.24, 2.45) is 0 Å². The molecule has 6 nitrogen and oxygen atoms in total. The topological polar surface area (TPSA) is 69.3 Å². The van der Waals surface area contributed by atoms with Crippen molar-refractivity contribution in [3.8, 4) is 0 Å². The maximum absolute atomic E-state index is 13.8. The van der Waals surface area contributed by atoms with Crippen molar-refractivity contribution in [1.29, 1.82) is 0 Å². The third-order valence-electron chi connectivity index (χ3n) is 4.53. The Kier molecular flexibility index (Phi) is 4.27. The van der Waals surface area contributed by atoms with Gasteiger partial charge in [0.2, 0.25) is 0 Å². The average Bonchev–Trinajstić information content (AvgIpc) is 3.13. The van der Waals surface area contributed by atoms with E-state index in [1.165, 1.54) is 27.4 Å². The quantitative estimate of drug-likeness (QED) is 0.546. The van der Waals surface area contributed by atoms with Crippen molar-refractivity contribution < 1.29 is 9.18 Å². The van der Waals surface area contributed by atoms with Crippen LogP contribution in [0.1, 0.15) is 17.7 Å². The number of Topliss-reactive ketones (excluding diaryl/α,β-unsaturated/α-hetero) is 1. The number of carbonyl (C=O) groups excluding carboxylic acids is 1. The van der Waals surface area contributed by atoms with Gasteiger partial charge in [-0.25, -0.2) is 8.91 Å². The highest BCUT2D eigenvalue weighted by Gasteiger charge is 2.14. The van der Waals surface area contributed by atoms with Crippen molar-refractivity contribution in [2.45, 2.75) is 26.3 Å². The smallest absolute Gasteiger partial charge is 0.277 e. The number of aryl methyl sites for hydroxylation is 2. The molecule has 7 heteroatoms. The summed E-state index contributed by atoms with van der Waals surface area (Å²) in [6.45, 7) is 2.10. The Hall–Kier alpha value is -3.35. The molecule has 1 aromatic carbocycles. The Bertz CT molecular complexity index is 1210. The Labute approximate surface area is 153 Å². The second-order valence-corrected chi connectivity index (χ2v) is 6.51. The molecule has 0 saturated heterocycles. The van der Waals surface area contributed by atoms with Gasteiger partial charge >= 0.3 is 0 Å². The van der Waals surface area contributed by atoms with Crippen LogP contribution in [0.2, 0.25) is 0 Å². The van der Waals surface area contributed by atoms with Crippen molar-refractivity contribution >= 4 is 22.3 Å². The number of aromatic nitrogens is 4. The molecule has 3 heterocycles. The van der Waals surface area contributed by atoms with Crippen LogP contribution in [-0.4, -0.2) is 24.9 Å². The molecule has 0 saturated carbocycles. The third kappa shape index (κ3) is 3.23. The van der Waals surface area contributed by atoms with Crippen LogP contribution >= 0.6 is 0 Å². The molecule has 4 rings (SSSR count). The summed E-state index contributed by atoms with van der Waals surface area (Å²) in [5.41, 5.74) is 2.84. The average molecular weight is 364 g/mol. The number of halogens is 1. The molecule has 0 fully saturated rings. The fraction of sp³-hybridized carbons (Fsp3) is 0.200. The van der Waals surface area contributed by atoms with Crippen LogP contribution in [-0.2, 0) is 17.8 Å². The van der Waals surface area contributed by atoms with Gasteiger partial charge in [0.25, 0.3) is 5.56 Å². The molecule has 0 amide bonds. The second kappa shape index (κ2) is 6.75. The van der Waals surface area contributed by atoms with Crippen LogP contribution in [0.15, 0.2) is 53.6 Å². The predicted octanol–water partition coefficient (Wildman–Crippen LogP) is 2.69. The van der Waals surface area contributed by atoms with E-state index >= 15 is 0 Å². The van der Waals surface area contributed by atoms with Gasteiger partial charge in [-0.3, -0.25) is 14.6 Å². The maximum Gasteiger partial charge on any atom is 0.277 e. The molecule has 0 radical (unpaired) electrons. The van der Waals surface area contributed by atoms with Gasteiger partial charge in [0.1, 0.15) is 17.1 Å². The fourth-order valence-electron chi connectivity index (χ4n) is 3.15. The molecule has 136 valence electrons. The summed E-state index contributed by atoms with van der Waals surface area (Å²) >= 11 is 0. The summed E-state index contributed by atoms with van der Waals surface area (Å²) in [7, 11) is 0. The van der Waals surface area contributed by atoms with Crippen LogP contribution in [0, 0.1) is 12.7 Å². The van der Waals surface area contributed by atoms with Crippen LogP contribution in [0.25, 0.3) is 16.6 Å². The highest BCUT2D eigenvalue weighted by Crippen LogP contribution is 2.16. The summed E-state index contributed by atoms with van der Waals surface area (Å²) in [6, 6.07) is 9.54. The first kappa shape index (κ1) is 17.1. The first-order chi connectivity index (χ1) is 13.0. The molecule has 3 aromatic heterocycles. The molecule has 0 unspecified atom stereocenters. The molecule has 27 heavy (non-hydrogen) atoms. The summed E-state index contributed by atoms with van der Waals surface area (Å²) in [6.07, 6.45) is 3.61. The Morgan fingerprint density at radius 3 is 2.74 bits per heavy atom. The van der Waals surface area contributed by atoms with Gasteiger partial charge in [-0.15, -0.1) is 0 Å². The van der Waals surface area contributed by atoms with Crippen molar-refractivity contribution in [3.63, 3.8) is 0 Å². The zero-order valence-electron chi connectivity index (χ0n) is 14.7.